The lowest BCUT2D eigenvalue weighted by atomic mass is 9.92. The van der Waals surface area contributed by atoms with E-state index in [0.717, 1.165) is 71.2 Å². The molecule has 0 spiro atoms. The monoisotopic (exact) mass is 523 g/mol. The van der Waals surface area contributed by atoms with Gasteiger partial charge in [-0.05, 0) is 32.1 Å². The number of aliphatic imine (C=N–C) groups is 1. The molecule has 1 unspecified atom stereocenters. The number of ether oxygens (including phenoxy) is 1. The van der Waals surface area contributed by atoms with Gasteiger partial charge in [0, 0.05) is 44.7 Å². The number of amides is 1. The summed E-state index contributed by atoms with van der Waals surface area (Å²) in [5, 5.41) is 9.78. The van der Waals surface area contributed by atoms with Gasteiger partial charge < -0.3 is 20.7 Å². The number of morpholine rings is 1. The zero-order valence-electron chi connectivity index (χ0n) is 18.5. The Bertz CT molecular complexity index is 478. The van der Waals surface area contributed by atoms with Crippen LogP contribution in [0.3, 0.4) is 0 Å². The molecule has 0 aromatic heterocycles. The summed E-state index contributed by atoms with van der Waals surface area (Å²) in [5.41, 5.74) is 0. The number of rotatable bonds is 12. The molecule has 3 N–H and O–H groups in total. The molecule has 8 heteroatoms. The molecule has 170 valence electrons. The first-order valence-electron chi connectivity index (χ1n) is 11.3. The Kier molecular flexibility index (Phi) is 13.9. The second-order valence-electron chi connectivity index (χ2n) is 7.88. The number of carbonyl (C=O) groups excluding carboxylic acids is 1. The second-order valence-corrected chi connectivity index (χ2v) is 7.88. The van der Waals surface area contributed by atoms with Crippen molar-refractivity contribution in [1.29, 1.82) is 0 Å². The van der Waals surface area contributed by atoms with Crippen LogP contribution in [0.4, 0.5) is 0 Å². The number of halogens is 1. The lowest BCUT2D eigenvalue weighted by molar-refractivity contribution is -0.121. The minimum Gasteiger partial charge on any atom is -0.379 e. The molecule has 2 aliphatic rings. The van der Waals surface area contributed by atoms with Crippen LogP contribution in [-0.2, 0) is 9.53 Å². The molecule has 0 aromatic rings. The minimum absolute atomic E-state index is 0. The molecule has 0 bridgehead atoms. The molecule has 1 amide bonds. The fraction of sp³-hybridized carbons (Fsp3) is 0.905. The van der Waals surface area contributed by atoms with E-state index in [1.165, 1.54) is 12.8 Å². The molecule has 7 nitrogen and oxygen atoms in total. The zero-order chi connectivity index (χ0) is 20.2. The smallest absolute Gasteiger partial charge is 0.220 e. The fourth-order valence-electron chi connectivity index (χ4n) is 3.81. The molecule has 1 heterocycles. The van der Waals surface area contributed by atoms with Gasteiger partial charge in [-0.3, -0.25) is 14.7 Å². The topological polar surface area (TPSA) is 78.0 Å². The molecule has 0 aromatic carbocycles. The van der Waals surface area contributed by atoms with E-state index in [1.807, 2.05) is 0 Å². The minimum atomic E-state index is 0. The van der Waals surface area contributed by atoms with Gasteiger partial charge in [0.15, 0.2) is 5.96 Å². The van der Waals surface area contributed by atoms with Crippen molar-refractivity contribution >= 4 is 35.8 Å². The quantitative estimate of drug-likeness (QED) is 0.159. The van der Waals surface area contributed by atoms with E-state index >= 15 is 0 Å². The van der Waals surface area contributed by atoms with Crippen LogP contribution >= 0.6 is 24.0 Å². The summed E-state index contributed by atoms with van der Waals surface area (Å²) in [5.74, 6) is 1.68. The van der Waals surface area contributed by atoms with Crippen molar-refractivity contribution in [3.05, 3.63) is 0 Å². The standard InChI is InChI=1S/C21H41N5O2.HI/c1-4-17(5-2)19(26-12-14-28-15-13-26)16-24-21(22-6-3)23-11-7-8-20(27)25-18-9-10-18;/h17-19H,4-16H2,1-3H3,(H,25,27)(H2,22,23,24);1H. The van der Waals surface area contributed by atoms with Gasteiger partial charge in [0.25, 0.3) is 0 Å². The third-order valence-corrected chi connectivity index (χ3v) is 5.70. The molecule has 1 atom stereocenters. The summed E-state index contributed by atoms with van der Waals surface area (Å²) >= 11 is 0. The Morgan fingerprint density at radius 2 is 1.83 bits per heavy atom. The van der Waals surface area contributed by atoms with Crippen LogP contribution in [-0.4, -0.2) is 74.8 Å². The summed E-state index contributed by atoms with van der Waals surface area (Å²) in [4.78, 5) is 19.2. The highest BCUT2D eigenvalue weighted by molar-refractivity contribution is 14.0. The van der Waals surface area contributed by atoms with Crippen LogP contribution in [0.25, 0.3) is 0 Å². The van der Waals surface area contributed by atoms with Crippen molar-refractivity contribution in [2.45, 2.75) is 71.4 Å². The predicted molar refractivity (Wildman–Crippen MR) is 130 cm³/mol. The Labute approximate surface area is 194 Å². The van der Waals surface area contributed by atoms with E-state index in [-0.39, 0.29) is 29.9 Å². The predicted octanol–water partition coefficient (Wildman–Crippen LogP) is 2.36. The van der Waals surface area contributed by atoms with E-state index in [4.69, 9.17) is 9.73 Å². The summed E-state index contributed by atoms with van der Waals surface area (Å²) in [7, 11) is 0. The zero-order valence-corrected chi connectivity index (χ0v) is 20.9. The average Bonchev–Trinajstić information content (AvgIpc) is 3.52. The average molecular weight is 524 g/mol. The summed E-state index contributed by atoms with van der Waals surface area (Å²) in [6, 6.07) is 0.903. The molecule has 1 saturated heterocycles. The van der Waals surface area contributed by atoms with Gasteiger partial charge in [-0.15, -0.1) is 24.0 Å². The van der Waals surface area contributed by atoms with Crippen molar-refractivity contribution in [1.82, 2.24) is 20.9 Å². The molecular formula is C21H42IN5O2. The molecular weight excluding hydrogens is 481 g/mol. The number of nitrogens with zero attached hydrogens (tertiary/aromatic N) is 2. The van der Waals surface area contributed by atoms with Gasteiger partial charge in [0.2, 0.25) is 5.91 Å². The number of carbonyl (C=O) groups is 1. The van der Waals surface area contributed by atoms with Gasteiger partial charge in [-0.1, -0.05) is 26.7 Å². The highest BCUT2D eigenvalue weighted by atomic mass is 127. The normalized spacial score (nSPS) is 18.8. The summed E-state index contributed by atoms with van der Waals surface area (Å²) < 4.78 is 5.54. The van der Waals surface area contributed by atoms with Crippen molar-refractivity contribution in [3.63, 3.8) is 0 Å². The summed E-state index contributed by atoms with van der Waals surface area (Å²) in [6.45, 7) is 12.7. The Morgan fingerprint density at radius 1 is 1.14 bits per heavy atom. The molecule has 1 aliphatic carbocycles. The number of guanidine groups is 1. The van der Waals surface area contributed by atoms with Crippen LogP contribution in [0.2, 0.25) is 0 Å². The Morgan fingerprint density at radius 3 is 2.41 bits per heavy atom. The van der Waals surface area contributed by atoms with Crippen LogP contribution < -0.4 is 16.0 Å². The van der Waals surface area contributed by atoms with Gasteiger partial charge in [-0.25, -0.2) is 0 Å². The maximum atomic E-state index is 11.8. The Balaban J connectivity index is 0.00000420. The third-order valence-electron chi connectivity index (χ3n) is 5.70. The summed E-state index contributed by atoms with van der Waals surface area (Å²) in [6.07, 6.45) is 6.03. The van der Waals surface area contributed by atoms with Crippen molar-refractivity contribution < 1.29 is 9.53 Å². The van der Waals surface area contributed by atoms with E-state index in [9.17, 15) is 4.79 Å². The number of nitrogens with one attached hydrogen (secondary N) is 3. The first-order chi connectivity index (χ1) is 13.7. The molecule has 0 radical (unpaired) electrons. The maximum absolute atomic E-state index is 11.8. The van der Waals surface area contributed by atoms with Gasteiger partial charge in [-0.2, -0.15) is 0 Å². The van der Waals surface area contributed by atoms with Gasteiger partial charge in [0.05, 0.1) is 19.8 Å². The number of hydrogen-bond acceptors (Lipinski definition) is 4. The Hall–Kier alpha value is -0.610. The first kappa shape index (κ1) is 26.4. The maximum Gasteiger partial charge on any atom is 0.220 e. The van der Waals surface area contributed by atoms with E-state index in [2.05, 4.69) is 41.6 Å². The lowest BCUT2D eigenvalue weighted by Gasteiger charge is -2.38. The highest BCUT2D eigenvalue weighted by Crippen LogP contribution is 2.20. The molecule has 2 rings (SSSR count). The number of hydrogen-bond donors (Lipinski definition) is 3. The second kappa shape index (κ2) is 15.2. The van der Waals surface area contributed by atoms with E-state index in [0.29, 0.717) is 24.4 Å². The van der Waals surface area contributed by atoms with Gasteiger partial charge in [0.1, 0.15) is 0 Å². The SMILES string of the molecule is CCNC(=NCC(C(CC)CC)N1CCOCC1)NCCCC(=O)NC1CC1.I. The van der Waals surface area contributed by atoms with E-state index in [1.54, 1.807) is 0 Å². The van der Waals surface area contributed by atoms with Crippen molar-refractivity contribution in [2.75, 3.05) is 45.9 Å². The van der Waals surface area contributed by atoms with Crippen LogP contribution in [0.5, 0.6) is 0 Å². The molecule has 1 aliphatic heterocycles. The first-order valence-corrected chi connectivity index (χ1v) is 11.3. The van der Waals surface area contributed by atoms with Crippen LogP contribution in [0.15, 0.2) is 4.99 Å². The lowest BCUT2D eigenvalue weighted by Crippen LogP contribution is -2.49. The van der Waals surface area contributed by atoms with Crippen LogP contribution in [0, 0.1) is 5.92 Å². The third kappa shape index (κ3) is 10.3. The fourth-order valence-corrected chi connectivity index (χ4v) is 3.81. The van der Waals surface area contributed by atoms with Crippen molar-refractivity contribution in [2.24, 2.45) is 10.9 Å². The molecule has 29 heavy (non-hydrogen) atoms. The molecule has 2 fully saturated rings. The molecule has 1 saturated carbocycles. The van der Waals surface area contributed by atoms with E-state index < -0.39 is 0 Å². The van der Waals surface area contributed by atoms with Gasteiger partial charge >= 0.3 is 0 Å². The highest BCUT2D eigenvalue weighted by Gasteiger charge is 2.27. The van der Waals surface area contributed by atoms with Crippen LogP contribution in [0.1, 0.15) is 59.3 Å². The largest absolute Gasteiger partial charge is 0.379 e. The van der Waals surface area contributed by atoms with Crippen molar-refractivity contribution in [3.8, 4) is 0 Å².